The number of nitrogens with zero attached hydrogens (tertiary/aromatic N) is 5. The topological polar surface area (TPSA) is 83.5 Å². The molecule has 7 rings (SSSR count). The Morgan fingerprint density at radius 3 is 2.63 bits per heavy atom. The van der Waals surface area contributed by atoms with Crippen LogP contribution in [0, 0.1) is 0 Å². The van der Waals surface area contributed by atoms with E-state index in [0.29, 0.717) is 21.9 Å². The second kappa shape index (κ2) is 11.5. The highest BCUT2D eigenvalue weighted by molar-refractivity contribution is 7.15. The van der Waals surface area contributed by atoms with Gasteiger partial charge in [0, 0.05) is 29.3 Å². The van der Waals surface area contributed by atoms with Gasteiger partial charge in [-0.15, -0.1) is 5.10 Å². The molecule has 0 N–H and O–H groups in total. The fourth-order valence-electron chi connectivity index (χ4n) is 5.34. The number of rotatable bonds is 9. The van der Waals surface area contributed by atoms with E-state index in [0.717, 1.165) is 70.8 Å². The molecule has 43 heavy (non-hydrogen) atoms. The summed E-state index contributed by atoms with van der Waals surface area (Å²) in [4.78, 5) is 18.7. The van der Waals surface area contributed by atoms with Crippen LogP contribution < -0.4 is 19.6 Å². The van der Waals surface area contributed by atoms with E-state index in [1.807, 2.05) is 83.7 Å². The van der Waals surface area contributed by atoms with Crippen LogP contribution >= 0.6 is 11.3 Å². The molecule has 0 fully saturated rings. The number of benzene rings is 3. The van der Waals surface area contributed by atoms with Gasteiger partial charge >= 0.3 is 0 Å². The number of unbranched alkanes of at least 4 members (excludes halogenated alkanes) is 2. The van der Waals surface area contributed by atoms with Crippen molar-refractivity contribution in [2.45, 2.75) is 45.6 Å². The predicted octanol–water partition coefficient (Wildman–Crippen LogP) is 6.11. The smallest absolute Gasteiger partial charge is 0.291 e. The van der Waals surface area contributed by atoms with Crippen LogP contribution in [0.2, 0.25) is 0 Å². The zero-order valence-corrected chi connectivity index (χ0v) is 24.9. The van der Waals surface area contributed by atoms with Crippen molar-refractivity contribution >= 4 is 22.4 Å². The van der Waals surface area contributed by atoms with Gasteiger partial charge in [0.05, 0.1) is 16.8 Å². The maximum atomic E-state index is 13.5. The average Bonchev–Trinajstić information content (AvgIpc) is 3.79. The normalized spacial score (nSPS) is 14.7. The summed E-state index contributed by atoms with van der Waals surface area (Å²) < 4.78 is 15.5. The van der Waals surface area contributed by atoms with E-state index in [1.54, 1.807) is 0 Å². The Kier molecular flexibility index (Phi) is 7.24. The van der Waals surface area contributed by atoms with Gasteiger partial charge in [0.15, 0.2) is 5.82 Å². The summed E-state index contributed by atoms with van der Waals surface area (Å²) in [6.45, 7) is 4.95. The first-order valence-corrected chi connectivity index (χ1v) is 15.5. The van der Waals surface area contributed by atoms with Crippen molar-refractivity contribution in [3.63, 3.8) is 0 Å². The molecule has 0 spiro atoms. The molecule has 0 amide bonds. The highest BCUT2D eigenvalue weighted by Gasteiger charge is 2.21. The Morgan fingerprint density at radius 1 is 1.02 bits per heavy atom. The average molecular weight is 590 g/mol. The minimum atomic E-state index is -0.204. The first-order chi connectivity index (χ1) is 21.1. The Balaban J connectivity index is 1.23. The van der Waals surface area contributed by atoms with E-state index in [2.05, 4.69) is 30.0 Å². The van der Waals surface area contributed by atoms with E-state index in [4.69, 9.17) is 14.6 Å². The lowest BCUT2D eigenvalue weighted by atomic mass is 10.0. The summed E-state index contributed by atoms with van der Waals surface area (Å²) in [7, 11) is 0. The summed E-state index contributed by atoms with van der Waals surface area (Å²) in [5, 5.41) is 9.50. The van der Waals surface area contributed by atoms with Crippen molar-refractivity contribution < 1.29 is 9.47 Å². The van der Waals surface area contributed by atoms with Crippen LogP contribution in [0.15, 0.2) is 83.8 Å². The number of hydrogen-bond donors (Lipinski definition) is 0. The highest BCUT2D eigenvalue weighted by atomic mass is 32.1. The van der Waals surface area contributed by atoms with Crippen molar-refractivity contribution in [2.75, 3.05) is 6.61 Å². The third-order valence-corrected chi connectivity index (χ3v) is 8.49. The SMILES string of the molecule is CCCCCOc1ccc(-c2nc3s/c(=C\c4cn(-c5ccccc5)nc4-c4ccc5c(c4)CC(C)O5)c(=O)n3n2)cc1. The molecule has 0 aliphatic carbocycles. The number of thiazole rings is 1. The van der Waals surface area contributed by atoms with Crippen LogP contribution in [0.5, 0.6) is 11.5 Å². The largest absolute Gasteiger partial charge is 0.494 e. The molecule has 4 heterocycles. The Hall–Kier alpha value is -4.76. The van der Waals surface area contributed by atoms with Gasteiger partial charge in [-0.2, -0.15) is 14.6 Å². The molecule has 0 bridgehead atoms. The standard InChI is InChI=1S/C34H31N5O3S/c1-3-4-8-17-41-28-14-11-23(12-15-28)32-35-34-39(37-32)33(40)30(43-34)20-26-21-38(27-9-6-5-7-10-27)36-31(26)24-13-16-29-25(19-24)18-22(2)42-29/h5-7,9-16,19-22H,3-4,8,17-18H2,1-2H3/b30-20-. The number of fused-ring (bicyclic) bond motifs is 2. The minimum Gasteiger partial charge on any atom is -0.494 e. The molecule has 3 aromatic carbocycles. The van der Waals surface area contributed by atoms with Gasteiger partial charge < -0.3 is 9.47 Å². The van der Waals surface area contributed by atoms with Gasteiger partial charge in [-0.3, -0.25) is 4.79 Å². The van der Waals surface area contributed by atoms with Crippen molar-refractivity contribution in [2.24, 2.45) is 0 Å². The van der Waals surface area contributed by atoms with Crippen LogP contribution in [0.1, 0.15) is 44.2 Å². The maximum absolute atomic E-state index is 13.5. The van der Waals surface area contributed by atoms with E-state index in [1.165, 1.54) is 15.9 Å². The maximum Gasteiger partial charge on any atom is 0.291 e. The minimum absolute atomic E-state index is 0.155. The van der Waals surface area contributed by atoms with Gasteiger partial charge in [0.25, 0.3) is 5.56 Å². The van der Waals surface area contributed by atoms with Gasteiger partial charge in [-0.05, 0) is 79.6 Å². The Morgan fingerprint density at radius 2 is 1.84 bits per heavy atom. The zero-order valence-electron chi connectivity index (χ0n) is 24.1. The predicted molar refractivity (Wildman–Crippen MR) is 169 cm³/mol. The quantitative estimate of drug-likeness (QED) is 0.189. The van der Waals surface area contributed by atoms with Crippen LogP contribution in [0.3, 0.4) is 0 Å². The molecular formula is C34H31N5O3S. The van der Waals surface area contributed by atoms with E-state index in [9.17, 15) is 4.79 Å². The van der Waals surface area contributed by atoms with E-state index < -0.39 is 0 Å². The number of hydrogen-bond acceptors (Lipinski definition) is 7. The lowest BCUT2D eigenvalue weighted by Crippen LogP contribution is -2.23. The molecule has 0 saturated heterocycles. The molecular weight excluding hydrogens is 558 g/mol. The first-order valence-electron chi connectivity index (χ1n) is 14.7. The molecule has 1 aliphatic rings. The van der Waals surface area contributed by atoms with Crippen molar-refractivity contribution in [3.8, 4) is 39.8 Å². The molecule has 216 valence electrons. The summed E-state index contributed by atoms with van der Waals surface area (Å²) in [5.74, 6) is 2.25. The van der Waals surface area contributed by atoms with Crippen molar-refractivity contribution in [3.05, 3.63) is 105 Å². The highest BCUT2D eigenvalue weighted by Crippen LogP contribution is 2.34. The fraction of sp³-hybridized carbons (Fsp3) is 0.235. The first kappa shape index (κ1) is 27.1. The summed E-state index contributed by atoms with van der Waals surface area (Å²) in [6, 6.07) is 23.8. The van der Waals surface area contributed by atoms with Crippen LogP contribution in [-0.4, -0.2) is 37.1 Å². The Bertz CT molecular complexity index is 2010. The molecule has 0 saturated carbocycles. The molecule has 6 aromatic rings. The van der Waals surface area contributed by atoms with Crippen molar-refractivity contribution in [1.29, 1.82) is 0 Å². The molecule has 9 heteroatoms. The monoisotopic (exact) mass is 589 g/mol. The molecule has 1 unspecified atom stereocenters. The zero-order chi connectivity index (χ0) is 29.3. The van der Waals surface area contributed by atoms with Gasteiger partial charge in [0.1, 0.15) is 23.3 Å². The van der Waals surface area contributed by atoms with E-state index >= 15 is 0 Å². The Labute approximate surface area is 252 Å². The lowest BCUT2D eigenvalue weighted by Gasteiger charge is -2.05. The number of para-hydroxylation sites is 1. The van der Waals surface area contributed by atoms with E-state index in [-0.39, 0.29) is 11.7 Å². The van der Waals surface area contributed by atoms with Gasteiger partial charge in [-0.25, -0.2) is 4.68 Å². The molecule has 1 atom stereocenters. The van der Waals surface area contributed by atoms with Gasteiger partial charge in [0.2, 0.25) is 4.96 Å². The fourth-order valence-corrected chi connectivity index (χ4v) is 6.24. The second-order valence-corrected chi connectivity index (χ2v) is 11.8. The van der Waals surface area contributed by atoms with Crippen molar-refractivity contribution in [1.82, 2.24) is 24.4 Å². The second-order valence-electron chi connectivity index (χ2n) is 10.8. The van der Waals surface area contributed by atoms with Crippen LogP contribution in [0.25, 0.3) is 39.4 Å². The molecule has 8 nitrogen and oxygen atoms in total. The van der Waals surface area contributed by atoms with Crippen LogP contribution in [0.4, 0.5) is 0 Å². The summed E-state index contributed by atoms with van der Waals surface area (Å²) in [6.07, 6.45) is 8.23. The molecule has 1 aliphatic heterocycles. The summed E-state index contributed by atoms with van der Waals surface area (Å²) in [5.41, 5.74) is 5.34. The lowest BCUT2D eigenvalue weighted by molar-refractivity contribution is 0.254. The third kappa shape index (κ3) is 5.44. The number of aromatic nitrogens is 5. The number of ether oxygens (including phenoxy) is 2. The molecule has 0 radical (unpaired) electrons. The van der Waals surface area contributed by atoms with Crippen LogP contribution in [-0.2, 0) is 6.42 Å². The third-order valence-electron chi connectivity index (χ3n) is 7.53. The van der Waals surface area contributed by atoms with Gasteiger partial charge in [-0.1, -0.05) is 49.3 Å². The summed E-state index contributed by atoms with van der Waals surface area (Å²) >= 11 is 1.32. The molecule has 3 aromatic heterocycles.